The Hall–Kier alpha value is -1.49. The van der Waals surface area contributed by atoms with E-state index in [0.29, 0.717) is 6.54 Å². The van der Waals surface area contributed by atoms with Crippen LogP contribution in [0, 0.1) is 5.82 Å². The van der Waals surface area contributed by atoms with E-state index in [2.05, 4.69) is 12.2 Å². The predicted molar refractivity (Wildman–Crippen MR) is 64.3 cm³/mol. The van der Waals surface area contributed by atoms with Gasteiger partial charge in [0.15, 0.2) is 0 Å². The molecule has 16 heavy (non-hydrogen) atoms. The highest BCUT2D eigenvalue weighted by atomic mass is 32.1. The molecule has 86 valence electrons. The van der Waals surface area contributed by atoms with Crippen molar-refractivity contribution in [3.63, 3.8) is 0 Å². The van der Waals surface area contributed by atoms with Crippen LogP contribution in [0.3, 0.4) is 0 Å². The summed E-state index contributed by atoms with van der Waals surface area (Å²) in [7, 11) is 1.63. The summed E-state index contributed by atoms with van der Waals surface area (Å²) in [5.74, 6) is -0.482. The second-order valence-electron chi connectivity index (χ2n) is 3.52. The van der Waals surface area contributed by atoms with Gasteiger partial charge in [0.1, 0.15) is 5.82 Å². The molecule has 2 N–H and O–H groups in total. The number of halogens is 1. The second kappa shape index (κ2) is 5.55. The molecule has 3 nitrogen and oxygen atoms in total. The molecule has 0 heterocycles. The van der Waals surface area contributed by atoms with Crippen LogP contribution >= 0.6 is 12.2 Å². The van der Waals surface area contributed by atoms with Gasteiger partial charge in [-0.15, -0.1) is 0 Å². The maximum absolute atomic E-state index is 12.9. The average molecular weight is 240 g/mol. The fraction of sp³-hybridized carbons (Fsp3) is 0.273. The van der Waals surface area contributed by atoms with Gasteiger partial charge in [0, 0.05) is 13.6 Å². The Labute approximate surface area is 99.0 Å². The number of carbonyl (C=O) groups excluding carboxylic acids is 1. The topological polar surface area (TPSA) is 46.3 Å². The molecule has 1 aromatic rings. The van der Waals surface area contributed by atoms with Crippen LogP contribution in [0.15, 0.2) is 24.3 Å². The Bertz CT molecular complexity index is 409. The lowest BCUT2D eigenvalue weighted by Gasteiger charge is -2.16. The summed E-state index contributed by atoms with van der Waals surface area (Å²) in [6, 6.07) is 6.12. The van der Waals surface area contributed by atoms with Crippen molar-refractivity contribution < 1.29 is 9.18 Å². The van der Waals surface area contributed by atoms with Crippen LogP contribution < -0.4 is 5.73 Å². The first-order chi connectivity index (χ1) is 7.49. The molecule has 0 fully saturated rings. The molecule has 0 aliphatic rings. The van der Waals surface area contributed by atoms with Gasteiger partial charge in [-0.2, -0.15) is 0 Å². The molecule has 0 aliphatic heterocycles. The van der Waals surface area contributed by atoms with E-state index in [1.807, 2.05) is 0 Å². The summed E-state index contributed by atoms with van der Waals surface area (Å²) >= 11 is 4.65. The molecule has 0 unspecified atom stereocenters. The second-order valence-corrected chi connectivity index (χ2v) is 4.05. The highest BCUT2D eigenvalue weighted by molar-refractivity contribution is 7.80. The van der Waals surface area contributed by atoms with E-state index in [1.54, 1.807) is 19.2 Å². The third kappa shape index (κ3) is 3.94. The summed E-state index contributed by atoms with van der Waals surface area (Å²) in [5.41, 5.74) is 6.01. The van der Waals surface area contributed by atoms with Crippen LogP contribution in [0.1, 0.15) is 12.0 Å². The van der Waals surface area contributed by atoms with E-state index in [1.165, 1.54) is 17.0 Å². The van der Waals surface area contributed by atoms with Crippen LogP contribution in [0.2, 0.25) is 0 Å². The van der Waals surface area contributed by atoms with Crippen molar-refractivity contribution in [2.45, 2.75) is 13.0 Å². The van der Waals surface area contributed by atoms with E-state index >= 15 is 0 Å². The largest absolute Gasteiger partial charge is 0.393 e. The zero-order chi connectivity index (χ0) is 12.1. The number of rotatable bonds is 4. The molecule has 1 aromatic carbocycles. The molecular formula is C11H13FN2OS. The molecule has 5 heteroatoms. The third-order valence-electron chi connectivity index (χ3n) is 2.06. The average Bonchev–Trinajstić information content (AvgIpc) is 2.16. The normalized spacial score (nSPS) is 9.88. The van der Waals surface area contributed by atoms with E-state index in [4.69, 9.17) is 5.73 Å². The number of hydrogen-bond acceptors (Lipinski definition) is 2. The number of thiocarbonyl (C=S) groups is 1. The highest BCUT2D eigenvalue weighted by Crippen LogP contribution is 2.07. The van der Waals surface area contributed by atoms with Gasteiger partial charge in [-0.3, -0.25) is 4.79 Å². The van der Waals surface area contributed by atoms with Gasteiger partial charge in [-0.1, -0.05) is 24.4 Å². The quantitative estimate of drug-likeness (QED) is 0.810. The van der Waals surface area contributed by atoms with Gasteiger partial charge in [-0.25, -0.2) is 4.39 Å². The number of amides is 1. The zero-order valence-corrected chi connectivity index (χ0v) is 9.76. The first-order valence-electron chi connectivity index (χ1n) is 4.75. The predicted octanol–water partition coefficient (Wildman–Crippen LogP) is 1.46. The molecule has 0 saturated heterocycles. The molecule has 0 saturated carbocycles. The van der Waals surface area contributed by atoms with Crippen molar-refractivity contribution in [1.29, 1.82) is 0 Å². The summed E-state index contributed by atoms with van der Waals surface area (Å²) in [5, 5.41) is 0. The Morgan fingerprint density at radius 1 is 1.56 bits per heavy atom. The molecule has 0 bridgehead atoms. The lowest BCUT2D eigenvalue weighted by atomic mass is 10.2. The van der Waals surface area contributed by atoms with Gasteiger partial charge < -0.3 is 10.6 Å². The van der Waals surface area contributed by atoms with E-state index in [9.17, 15) is 9.18 Å². The Morgan fingerprint density at radius 2 is 2.25 bits per heavy atom. The molecular weight excluding hydrogens is 227 g/mol. The van der Waals surface area contributed by atoms with Crippen molar-refractivity contribution in [3.05, 3.63) is 35.6 Å². The molecule has 0 spiro atoms. The molecule has 1 rings (SSSR count). The van der Waals surface area contributed by atoms with Crippen LogP contribution in [0.4, 0.5) is 4.39 Å². The molecule has 0 radical (unpaired) electrons. The first kappa shape index (κ1) is 12.6. The zero-order valence-electron chi connectivity index (χ0n) is 8.94. The van der Waals surface area contributed by atoms with Crippen LogP contribution in [-0.4, -0.2) is 22.8 Å². The monoisotopic (exact) mass is 240 g/mol. The van der Waals surface area contributed by atoms with E-state index < -0.39 is 0 Å². The van der Waals surface area contributed by atoms with Gasteiger partial charge in [0.05, 0.1) is 11.4 Å². The highest BCUT2D eigenvalue weighted by Gasteiger charge is 2.10. The molecule has 1 amide bonds. The fourth-order valence-corrected chi connectivity index (χ4v) is 1.40. The van der Waals surface area contributed by atoms with Gasteiger partial charge in [0.25, 0.3) is 0 Å². The summed E-state index contributed by atoms with van der Waals surface area (Å²) in [6.07, 6.45) is 0.0428. The number of hydrogen-bond donors (Lipinski definition) is 1. The molecule has 0 aromatic heterocycles. The minimum absolute atomic E-state index is 0.0428. The summed E-state index contributed by atoms with van der Waals surface area (Å²) in [6.45, 7) is 0.346. The van der Waals surface area contributed by atoms with Crippen LogP contribution in [-0.2, 0) is 11.3 Å². The standard InChI is InChI=1S/C11H13FN2OS/c1-14(11(15)6-10(13)16)7-8-3-2-4-9(12)5-8/h2-5H,6-7H2,1H3,(H2,13,16). The van der Waals surface area contributed by atoms with Gasteiger partial charge >= 0.3 is 0 Å². The minimum atomic E-state index is -0.312. The van der Waals surface area contributed by atoms with Crippen molar-refractivity contribution in [2.75, 3.05) is 7.05 Å². The Balaban J connectivity index is 2.60. The maximum Gasteiger partial charge on any atom is 0.229 e. The maximum atomic E-state index is 12.9. The number of nitrogens with zero attached hydrogens (tertiary/aromatic N) is 1. The SMILES string of the molecule is CN(Cc1cccc(F)c1)C(=O)CC(N)=S. The van der Waals surface area contributed by atoms with Gasteiger partial charge in [0.2, 0.25) is 5.91 Å². The van der Waals surface area contributed by atoms with E-state index in [0.717, 1.165) is 5.56 Å². The smallest absolute Gasteiger partial charge is 0.229 e. The lowest BCUT2D eigenvalue weighted by molar-refractivity contribution is -0.129. The summed E-state index contributed by atoms with van der Waals surface area (Å²) < 4.78 is 12.9. The Kier molecular flexibility index (Phi) is 4.37. The van der Waals surface area contributed by atoms with Crippen molar-refractivity contribution in [1.82, 2.24) is 4.90 Å². The molecule has 0 aliphatic carbocycles. The number of benzene rings is 1. The molecule has 0 atom stereocenters. The van der Waals surface area contributed by atoms with Crippen LogP contribution in [0.5, 0.6) is 0 Å². The Morgan fingerprint density at radius 3 is 2.81 bits per heavy atom. The minimum Gasteiger partial charge on any atom is -0.393 e. The van der Waals surface area contributed by atoms with Gasteiger partial charge in [-0.05, 0) is 17.7 Å². The number of carbonyl (C=O) groups is 1. The number of nitrogens with two attached hydrogens (primary N) is 1. The van der Waals surface area contributed by atoms with Crippen LogP contribution in [0.25, 0.3) is 0 Å². The van der Waals surface area contributed by atoms with Crippen molar-refractivity contribution >= 4 is 23.1 Å². The lowest BCUT2D eigenvalue weighted by Crippen LogP contribution is -2.29. The van der Waals surface area contributed by atoms with Crippen molar-refractivity contribution in [3.8, 4) is 0 Å². The fourth-order valence-electron chi connectivity index (χ4n) is 1.28. The van der Waals surface area contributed by atoms with Crippen molar-refractivity contribution in [2.24, 2.45) is 5.73 Å². The van der Waals surface area contributed by atoms with E-state index in [-0.39, 0.29) is 23.1 Å². The summed E-state index contributed by atoms with van der Waals surface area (Å²) in [4.78, 5) is 13.1. The first-order valence-corrected chi connectivity index (χ1v) is 5.16. The third-order valence-corrected chi connectivity index (χ3v) is 2.20.